The second kappa shape index (κ2) is 7.75. The molecule has 1 amide bonds. The largest absolute Gasteiger partial charge is 0.504 e. The van der Waals surface area contributed by atoms with Gasteiger partial charge in [0, 0.05) is 24.5 Å². The van der Waals surface area contributed by atoms with Gasteiger partial charge >= 0.3 is 0 Å². The minimum Gasteiger partial charge on any atom is -0.504 e. The van der Waals surface area contributed by atoms with Gasteiger partial charge < -0.3 is 9.52 Å². The van der Waals surface area contributed by atoms with Crippen molar-refractivity contribution >= 4 is 22.6 Å². The number of nitrogens with zero attached hydrogens (tertiary/aromatic N) is 5. The van der Waals surface area contributed by atoms with E-state index < -0.39 is 0 Å². The summed E-state index contributed by atoms with van der Waals surface area (Å²) in [5.41, 5.74) is 1.17. The van der Waals surface area contributed by atoms with E-state index >= 15 is 0 Å². The lowest BCUT2D eigenvalue weighted by Crippen LogP contribution is -2.36. The van der Waals surface area contributed by atoms with Crippen LogP contribution in [0.15, 0.2) is 47.0 Å². The van der Waals surface area contributed by atoms with E-state index in [2.05, 4.69) is 20.2 Å². The van der Waals surface area contributed by atoms with E-state index in [1.165, 1.54) is 12.1 Å². The van der Waals surface area contributed by atoms with E-state index in [0.717, 1.165) is 18.4 Å². The molecule has 1 N–H and O–H groups in total. The molecule has 0 saturated carbocycles. The van der Waals surface area contributed by atoms with Crippen LogP contribution in [0.3, 0.4) is 0 Å². The Hall–Kier alpha value is -3.88. The molecule has 0 radical (unpaired) electrons. The molecule has 1 aliphatic rings. The predicted molar refractivity (Wildman–Crippen MR) is 110 cm³/mol. The van der Waals surface area contributed by atoms with Crippen LogP contribution >= 0.6 is 0 Å². The first kappa shape index (κ1) is 19.1. The second-order valence-corrected chi connectivity index (χ2v) is 7.34. The Morgan fingerprint density at radius 1 is 1.13 bits per heavy atom. The fourth-order valence-electron chi connectivity index (χ4n) is 3.69. The standard InChI is InChI=1S/C22H18FN5O3/c23-14-8-6-13(7-9-14)12-16-26-27-22(31-16)19-20(30)18-15(4-3-10-24-18)21(25-19)28-11-2-1-5-17(28)29/h3-4,6-10,30H,1-2,5,11-12H2. The first-order valence-electron chi connectivity index (χ1n) is 9.95. The van der Waals surface area contributed by atoms with Gasteiger partial charge in [-0.3, -0.25) is 14.7 Å². The van der Waals surface area contributed by atoms with Gasteiger partial charge in [-0.25, -0.2) is 9.37 Å². The molecule has 9 heteroatoms. The van der Waals surface area contributed by atoms with Crippen LogP contribution in [-0.2, 0) is 11.2 Å². The molecule has 0 bridgehead atoms. The zero-order valence-corrected chi connectivity index (χ0v) is 16.5. The molecule has 8 nitrogen and oxygen atoms in total. The van der Waals surface area contributed by atoms with Crippen LogP contribution in [0.4, 0.5) is 10.2 Å². The molecule has 156 valence electrons. The normalized spacial score (nSPS) is 14.4. The quantitative estimate of drug-likeness (QED) is 0.538. The highest BCUT2D eigenvalue weighted by atomic mass is 19.1. The third kappa shape index (κ3) is 3.58. The number of rotatable bonds is 4. The maximum atomic E-state index is 13.1. The van der Waals surface area contributed by atoms with Gasteiger partial charge in [0.05, 0.1) is 6.42 Å². The molecule has 4 heterocycles. The van der Waals surface area contributed by atoms with Crippen molar-refractivity contribution in [2.75, 3.05) is 11.4 Å². The summed E-state index contributed by atoms with van der Waals surface area (Å²) in [6.07, 6.45) is 4.02. The van der Waals surface area contributed by atoms with Gasteiger partial charge in [0.2, 0.25) is 11.8 Å². The number of benzene rings is 1. The van der Waals surface area contributed by atoms with Crippen molar-refractivity contribution in [3.63, 3.8) is 0 Å². The lowest BCUT2D eigenvalue weighted by atomic mass is 10.1. The van der Waals surface area contributed by atoms with E-state index in [9.17, 15) is 14.3 Å². The molecule has 1 fully saturated rings. The Balaban J connectivity index is 1.57. The molecule has 0 unspecified atom stereocenters. The van der Waals surface area contributed by atoms with Crippen LogP contribution in [0.25, 0.3) is 22.5 Å². The summed E-state index contributed by atoms with van der Waals surface area (Å²) in [4.78, 5) is 23.0. The molecule has 5 rings (SSSR count). The van der Waals surface area contributed by atoms with Gasteiger partial charge in [0.1, 0.15) is 17.2 Å². The number of hydrogen-bond donors (Lipinski definition) is 1. The van der Waals surface area contributed by atoms with Gasteiger partial charge in [-0.15, -0.1) is 10.2 Å². The first-order chi connectivity index (χ1) is 15.1. The molecule has 4 aromatic rings. The number of carbonyl (C=O) groups is 1. The molecule has 0 atom stereocenters. The second-order valence-electron chi connectivity index (χ2n) is 7.34. The number of amides is 1. The van der Waals surface area contributed by atoms with E-state index in [4.69, 9.17) is 4.42 Å². The van der Waals surface area contributed by atoms with E-state index in [-0.39, 0.29) is 29.1 Å². The van der Waals surface area contributed by atoms with Gasteiger partial charge in [-0.1, -0.05) is 12.1 Å². The Morgan fingerprint density at radius 2 is 1.97 bits per heavy atom. The summed E-state index contributed by atoms with van der Waals surface area (Å²) in [6, 6.07) is 9.48. The van der Waals surface area contributed by atoms with Crippen molar-refractivity contribution in [2.24, 2.45) is 0 Å². The fourth-order valence-corrected chi connectivity index (χ4v) is 3.69. The highest BCUT2D eigenvalue weighted by Gasteiger charge is 2.27. The minimum atomic E-state index is -0.326. The number of anilines is 1. The minimum absolute atomic E-state index is 0.0212. The van der Waals surface area contributed by atoms with Crippen LogP contribution in [0.5, 0.6) is 5.75 Å². The SMILES string of the molecule is O=C1CCCCN1c1nc(-c2nnc(Cc3ccc(F)cc3)o2)c(O)c2ncccc12. The van der Waals surface area contributed by atoms with Gasteiger partial charge in [0.25, 0.3) is 5.89 Å². The maximum absolute atomic E-state index is 13.1. The molecular weight excluding hydrogens is 401 g/mol. The Kier molecular flexibility index (Phi) is 4.78. The molecule has 1 aliphatic heterocycles. The van der Waals surface area contributed by atoms with Crippen LogP contribution in [-0.4, -0.2) is 37.7 Å². The van der Waals surface area contributed by atoms with Crippen LogP contribution in [0.1, 0.15) is 30.7 Å². The van der Waals surface area contributed by atoms with Crippen molar-refractivity contribution in [2.45, 2.75) is 25.7 Å². The van der Waals surface area contributed by atoms with Gasteiger partial charge in [-0.05, 0) is 42.7 Å². The van der Waals surface area contributed by atoms with E-state index in [0.29, 0.717) is 42.0 Å². The lowest BCUT2D eigenvalue weighted by Gasteiger charge is -2.27. The molecule has 31 heavy (non-hydrogen) atoms. The monoisotopic (exact) mass is 419 g/mol. The van der Waals surface area contributed by atoms with Crippen LogP contribution in [0.2, 0.25) is 0 Å². The van der Waals surface area contributed by atoms with Crippen LogP contribution in [0, 0.1) is 5.82 Å². The van der Waals surface area contributed by atoms with Crippen molar-refractivity contribution in [3.8, 4) is 17.3 Å². The first-order valence-corrected chi connectivity index (χ1v) is 9.95. The topological polar surface area (TPSA) is 105 Å². The molecule has 1 saturated heterocycles. The highest BCUT2D eigenvalue weighted by Crippen LogP contribution is 2.38. The molecule has 1 aromatic carbocycles. The highest BCUT2D eigenvalue weighted by molar-refractivity contribution is 6.04. The average molecular weight is 419 g/mol. The van der Waals surface area contributed by atoms with Crippen molar-refractivity contribution in [1.82, 2.24) is 20.2 Å². The van der Waals surface area contributed by atoms with Crippen LogP contribution < -0.4 is 4.90 Å². The number of pyridine rings is 2. The number of fused-ring (bicyclic) bond motifs is 1. The number of hydrogen-bond acceptors (Lipinski definition) is 7. The van der Waals surface area contributed by atoms with Gasteiger partial charge in [-0.2, -0.15) is 0 Å². The molecule has 0 aliphatic carbocycles. The predicted octanol–water partition coefficient (Wildman–Crippen LogP) is 3.63. The number of carbonyl (C=O) groups excluding carboxylic acids is 1. The third-order valence-corrected chi connectivity index (χ3v) is 5.23. The third-order valence-electron chi connectivity index (χ3n) is 5.23. The Morgan fingerprint density at radius 3 is 2.77 bits per heavy atom. The number of aromatic hydroxyl groups is 1. The number of aromatic nitrogens is 4. The summed E-state index contributed by atoms with van der Waals surface area (Å²) in [5, 5.41) is 19.5. The zero-order chi connectivity index (χ0) is 21.4. The average Bonchev–Trinajstić information content (AvgIpc) is 3.25. The van der Waals surface area contributed by atoms with Crippen molar-refractivity contribution in [3.05, 3.63) is 59.9 Å². The Labute approximate surface area is 176 Å². The summed E-state index contributed by atoms with van der Waals surface area (Å²) in [7, 11) is 0. The van der Waals surface area contributed by atoms with Crippen molar-refractivity contribution < 1.29 is 18.7 Å². The molecule has 0 spiro atoms. The summed E-state index contributed by atoms with van der Waals surface area (Å²) in [6.45, 7) is 0.541. The number of halogens is 1. The van der Waals surface area contributed by atoms with E-state index in [1.807, 2.05) is 0 Å². The smallest absolute Gasteiger partial charge is 0.270 e. The molecule has 3 aromatic heterocycles. The van der Waals surface area contributed by atoms with Crippen molar-refractivity contribution in [1.29, 1.82) is 0 Å². The fraction of sp³-hybridized carbons (Fsp3) is 0.227. The van der Waals surface area contributed by atoms with E-state index in [1.54, 1.807) is 35.4 Å². The zero-order valence-electron chi connectivity index (χ0n) is 16.5. The summed E-state index contributed by atoms with van der Waals surface area (Å²) in [5.74, 6) is 0.183. The summed E-state index contributed by atoms with van der Waals surface area (Å²) >= 11 is 0. The maximum Gasteiger partial charge on any atom is 0.270 e. The Bertz CT molecular complexity index is 1270. The number of piperidine rings is 1. The lowest BCUT2D eigenvalue weighted by molar-refractivity contribution is -0.119. The van der Waals surface area contributed by atoms with Gasteiger partial charge in [0.15, 0.2) is 11.4 Å². The molecular formula is C22H18FN5O3. The summed E-state index contributed by atoms with van der Waals surface area (Å²) < 4.78 is 18.9.